The van der Waals surface area contributed by atoms with Gasteiger partial charge in [0.25, 0.3) is 0 Å². The lowest BCUT2D eigenvalue weighted by Crippen LogP contribution is -2.17. The van der Waals surface area contributed by atoms with Crippen LogP contribution in [0.25, 0.3) is 0 Å². The maximum atomic E-state index is 12.4. The van der Waals surface area contributed by atoms with Gasteiger partial charge in [-0.1, -0.05) is 12.0 Å². The molecule has 3 rings (SSSR count). The molecule has 0 spiro atoms. The molecule has 1 aromatic heterocycles. The van der Waals surface area contributed by atoms with Crippen LogP contribution < -0.4 is 19.5 Å². The number of hydrogen-bond acceptors (Lipinski definition) is 8. The van der Waals surface area contributed by atoms with Crippen LogP contribution in [0.3, 0.4) is 0 Å². The molecule has 13 heteroatoms. The predicted molar refractivity (Wildman–Crippen MR) is 125 cm³/mol. The van der Waals surface area contributed by atoms with E-state index in [4.69, 9.17) is 9.26 Å². The van der Waals surface area contributed by atoms with Gasteiger partial charge in [0.2, 0.25) is 0 Å². The Kier molecular flexibility index (Phi) is 8.52. The number of thiazole rings is 1. The highest BCUT2D eigenvalue weighted by atomic mass is 32.2. The molecular formula is C21H18F3N2O5PS2. The number of halogens is 3. The highest BCUT2D eigenvalue weighted by molar-refractivity contribution is 8.00. The van der Waals surface area contributed by atoms with E-state index in [1.165, 1.54) is 60.7 Å². The molecule has 180 valence electrons. The minimum Gasteiger partial charge on any atom is -0.495 e. The van der Waals surface area contributed by atoms with Crippen LogP contribution in [0.2, 0.25) is 0 Å². The van der Waals surface area contributed by atoms with Gasteiger partial charge in [0.15, 0.2) is 5.01 Å². The molecule has 0 aliphatic carbocycles. The second-order valence-electron chi connectivity index (χ2n) is 6.34. The number of alkyl halides is 3. The van der Waals surface area contributed by atoms with Crippen molar-refractivity contribution in [1.29, 1.82) is 0 Å². The molecular weight excluding hydrogens is 512 g/mol. The molecule has 2 aromatic carbocycles. The summed E-state index contributed by atoms with van der Waals surface area (Å²) < 4.78 is 66.4. The number of methoxy groups -OCH3 is 1. The Morgan fingerprint density at radius 3 is 2.74 bits per heavy atom. The summed E-state index contributed by atoms with van der Waals surface area (Å²) in [6.07, 6.45) is -4.77. The van der Waals surface area contributed by atoms with Crippen molar-refractivity contribution in [3.63, 3.8) is 0 Å². The number of benzene rings is 2. The van der Waals surface area contributed by atoms with Crippen molar-refractivity contribution in [2.24, 2.45) is 0 Å². The number of nitrogens with one attached hydrogen (secondary N) is 1. The molecule has 0 aliphatic heterocycles. The fourth-order valence-electron chi connectivity index (χ4n) is 2.56. The Balaban J connectivity index is 1.67. The highest BCUT2D eigenvalue weighted by Crippen LogP contribution is 2.42. The fraction of sp³-hybridized carbons (Fsp3) is 0.190. The lowest BCUT2D eigenvalue weighted by molar-refractivity contribution is -0.274. The van der Waals surface area contributed by atoms with E-state index in [0.29, 0.717) is 27.0 Å². The van der Waals surface area contributed by atoms with Crippen LogP contribution >= 0.6 is 30.9 Å². The smallest absolute Gasteiger partial charge is 0.495 e. The number of hydrogen-bond donors (Lipinski definition) is 2. The molecule has 2 N–H and O–H groups in total. The molecule has 0 aliphatic rings. The van der Waals surface area contributed by atoms with Crippen molar-refractivity contribution in [2.75, 3.05) is 18.4 Å². The molecule has 3 aromatic rings. The molecule has 0 saturated heterocycles. The molecule has 1 atom stereocenters. The number of rotatable bonds is 8. The lowest BCUT2D eigenvalue weighted by Gasteiger charge is -2.14. The fourth-order valence-corrected chi connectivity index (χ4v) is 5.04. The Morgan fingerprint density at radius 2 is 2.03 bits per heavy atom. The largest absolute Gasteiger partial charge is 0.573 e. The van der Waals surface area contributed by atoms with Gasteiger partial charge in [-0.25, -0.2) is 4.98 Å². The molecule has 0 radical (unpaired) electrons. The Labute approximate surface area is 201 Å². The Hall–Kier alpha value is -2.68. The van der Waals surface area contributed by atoms with Crippen molar-refractivity contribution < 1.29 is 36.6 Å². The Morgan fingerprint density at radius 1 is 1.24 bits per heavy atom. The van der Waals surface area contributed by atoms with E-state index in [1.807, 2.05) is 0 Å². The van der Waals surface area contributed by atoms with Gasteiger partial charge in [-0.3, -0.25) is 4.57 Å². The van der Waals surface area contributed by atoms with E-state index in [9.17, 15) is 22.6 Å². The van der Waals surface area contributed by atoms with E-state index in [2.05, 4.69) is 26.3 Å². The normalized spacial score (nSPS) is 12.9. The van der Waals surface area contributed by atoms with Gasteiger partial charge < -0.3 is 23.6 Å². The van der Waals surface area contributed by atoms with E-state index >= 15 is 0 Å². The molecule has 0 saturated carbocycles. The molecule has 0 fully saturated rings. The highest BCUT2D eigenvalue weighted by Gasteiger charge is 2.31. The summed E-state index contributed by atoms with van der Waals surface area (Å²) in [7, 11) is -2.50. The van der Waals surface area contributed by atoms with Gasteiger partial charge in [-0.05, 0) is 49.2 Å². The van der Waals surface area contributed by atoms with Gasteiger partial charge in [-0.2, -0.15) is 0 Å². The summed E-state index contributed by atoms with van der Waals surface area (Å²) in [5.41, 5.74) is 0.900. The molecule has 0 bridgehead atoms. The molecule has 34 heavy (non-hydrogen) atoms. The summed E-state index contributed by atoms with van der Waals surface area (Å²) in [5, 5.41) is 2.92. The maximum absolute atomic E-state index is 12.4. The summed E-state index contributed by atoms with van der Waals surface area (Å²) in [4.78, 5) is 14.3. The zero-order valence-corrected chi connectivity index (χ0v) is 20.3. The first-order valence-electron chi connectivity index (χ1n) is 9.52. The monoisotopic (exact) mass is 530 g/mol. The number of ether oxygens (including phenoxy) is 2. The third kappa shape index (κ3) is 7.41. The summed E-state index contributed by atoms with van der Waals surface area (Å²) in [5.74, 6) is 5.57. The predicted octanol–water partition coefficient (Wildman–Crippen LogP) is 5.42. The first-order valence-corrected chi connectivity index (χ1v) is 12.8. The lowest BCUT2D eigenvalue weighted by atomic mass is 10.2. The standard InChI is InChI=1S/C21H18F3N2O5PS2/c1-3-30-32(27,28)16-8-9-17(18(12-16)29-2)26-34-20-13-33-19(25-20)10-7-14-5-4-6-15(11-14)31-21(22,23)24/h4-6,8-9,11-13,26H,3H2,1-2H3,(H,27,28). The van der Waals surface area contributed by atoms with Crippen LogP contribution in [0.5, 0.6) is 11.5 Å². The van der Waals surface area contributed by atoms with Crippen molar-refractivity contribution >= 4 is 41.9 Å². The SMILES string of the molecule is CCOP(=O)(O)c1ccc(NSc2csc(C#Cc3cccc(OC(F)(F)F)c3)n2)c(OC)c1. The van der Waals surface area contributed by atoms with Crippen LogP contribution in [0.1, 0.15) is 17.5 Å². The van der Waals surface area contributed by atoms with Gasteiger partial charge in [0, 0.05) is 22.9 Å². The third-order valence-corrected chi connectivity index (χ3v) is 7.13. The number of nitrogens with zero attached hydrogens (tertiary/aromatic N) is 1. The van der Waals surface area contributed by atoms with Crippen molar-refractivity contribution in [2.45, 2.75) is 18.3 Å². The summed E-state index contributed by atoms with van der Waals surface area (Å²) in [6.45, 7) is 1.71. The van der Waals surface area contributed by atoms with E-state index in [0.717, 1.165) is 0 Å². The average Bonchev–Trinajstić information content (AvgIpc) is 3.23. The first-order chi connectivity index (χ1) is 16.1. The van der Waals surface area contributed by atoms with Crippen LogP contribution in [-0.4, -0.2) is 30.0 Å². The quantitative estimate of drug-likeness (QED) is 0.227. The van der Waals surface area contributed by atoms with Crippen LogP contribution in [0.4, 0.5) is 18.9 Å². The second kappa shape index (κ2) is 11.2. The van der Waals surface area contributed by atoms with Crippen molar-refractivity contribution in [1.82, 2.24) is 4.98 Å². The molecule has 1 unspecified atom stereocenters. The third-order valence-electron chi connectivity index (χ3n) is 3.95. The zero-order chi connectivity index (χ0) is 24.8. The molecule has 1 heterocycles. The average molecular weight is 530 g/mol. The topological polar surface area (TPSA) is 89.9 Å². The molecule has 7 nitrogen and oxygen atoms in total. The maximum Gasteiger partial charge on any atom is 0.573 e. The van der Waals surface area contributed by atoms with Gasteiger partial charge >= 0.3 is 14.0 Å². The van der Waals surface area contributed by atoms with Crippen LogP contribution in [-0.2, 0) is 9.09 Å². The van der Waals surface area contributed by atoms with Gasteiger partial charge in [0.1, 0.15) is 16.5 Å². The second-order valence-corrected chi connectivity index (χ2v) is 9.84. The van der Waals surface area contributed by atoms with Crippen molar-refractivity contribution in [3.05, 3.63) is 58.4 Å². The van der Waals surface area contributed by atoms with Gasteiger partial charge in [0.05, 0.1) is 24.7 Å². The van der Waals surface area contributed by atoms with Crippen LogP contribution in [0.15, 0.2) is 52.9 Å². The van der Waals surface area contributed by atoms with Crippen LogP contribution in [0, 0.1) is 11.8 Å². The van der Waals surface area contributed by atoms with E-state index < -0.39 is 14.0 Å². The number of anilines is 1. The summed E-state index contributed by atoms with van der Waals surface area (Å²) in [6, 6.07) is 9.85. The minimum atomic E-state index is -4.77. The number of aromatic nitrogens is 1. The zero-order valence-electron chi connectivity index (χ0n) is 17.8. The van der Waals surface area contributed by atoms with Gasteiger partial charge in [-0.15, -0.1) is 24.5 Å². The van der Waals surface area contributed by atoms with E-state index in [-0.39, 0.29) is 17.7 Å². The van der Waals surface area contributed by atoms with Crippen molar-refractivity contribution in [3.8, 4) is 23.3 Å². The first kappa shape index (κ1) is 25.9. The Bertz CT molecular complexity index is 1260. The summed E-state index contributed by atoms with van der Waals surface area (Å²) >= 11 is 2.44. The van der Waals surface area contributed by atoms with E-state index in [1.54, 1.807) is 24.4 Å². The minimum absolute atomic E-state index is 0.0910. The molecule has 0 amide bonds.